The lowest BCUT2D eigenvalue weighted by Crippen LogP contribution is -2.32. The van der Waals surface area contributed by atoms with Crippen LogP contribution < -0.4 is 0 Å². The van der Waals surface area contributed by atoms with Gasteiger partial charge in [0, 0.05) is 13.1 Å². The zero-order valence-electron chi connectivity index (χ0n) is 28.0. The molecular formula is C35H70N2O4. The lowest BCUT2D eigenvalue weighted by Gasteiger charge is -2.22. The van der Waals surface area contributed by atoms with E-state index in [0.717, 1.165) is 45.2 Å². The van der Waals surface area contributed by atoms with Crippen LogP contribution in [0.2, 0.25) is 0 Å². The molecule has 41 heavy (non-hydrogen) atoms. The molecule has 0 fully saturated rings. The molecule has 0 aromatic heterocycles. The second-order valence-electron chi connectivity index (χ2n) is 12.3. The summed E-state index contributed by atoms with van der Waals surface area (Å²) in [6, 6.07) is 0. The molecule has 0 saturated carbocycles. The van der Waals surface area contributed by atoms with E-state index >= 15 is 0 Å². The second kappa shape index (κ2) is 31.8. The molecule has 244 valence electrons. The quantitative estimate of drug-likeness (QED) is 0.0583. The first-order valence-electron chi connectivity index (χ1n) is 17.7. The number of carbonyl (C=O) groups excluding carboxylic acids is 2. The van der Waals surface area contributed by atoms with Crippen molar-refractivity contribution in [2.24, 2.45) is 0 Å². The van der Waals surface area contributed by atoms with E-state index in [2.05, 4.69) is 37.7 Å². The Hall–Kier alpha value is -1.14. The van der Waals surface area contributed by atoms with Crippen molar-refractivity contribution in [3.05, 3.63) is 0 Å². The predicted octanol–water partition coefficient (Wildman–Crippen LogP) is 8.95. The molecule has 0 saturated heterocycles. The number of rotatable bonds is 32. The first-order chi connectivity index (χ1) is 20.0. The smallest absolute Gasteiger partial charge is 0.307 e. The molecule has 0 aliphatic rings. The fourth-order valence-corrected chi connectivity index (χ4v) is 5.14. The molecule has 6 nitrogen and oxygen atoms in total. The van der Waals surface area contributed by atoms with E-state index in [1.807, 2.05) is 0 Å². The second-order valence-corrected chi connectivity index (χ2v) is 12.3. The summed E-state index contributed by atoms with van der Waals surface area (Å²) >= 11 is 0. The van der Waals surface area contributed by atoms with E-state index in [1.54, 1.807) is 0 Å². The Balaban J connectivity index is 3.94. The molecule has 0 amide bonds. The molecule has 0 N–H and O–H groups in total. The van der Waals surface area contributed by atoms with Gasteiger partial charge < -0.3 is 19.3 Å². The zero-order chi connectivity index (χ0) is 30.2. The lowest BCUT2D eigenvalue weighted by atomic mass is 10.1. The molecule has 0 bridgehead atoms. The summed E-state index contributed by atoms with van der Waals surface area (Å²) in [6.45, 7) is 8.70. The summed E-state index contributed by atoms with van der Waals surface area (Å²) in [5.74, 6) is -0.246. The molecule has 0 heterocycles. The molecule has 0 unspecified atom stereocenters. The Bertz CT molecular complexity index is 528. The van der Waals surface area contributed by atoms with E-state index in [1.165, 1.54) is 103 Å². The summed E-state index contributed by atoms with van der Waals surface area (Å²) in [5, 5.41) is 0. The lowest BCUT2D eigenvalue weighted by molar-refractivity contribution is -0.144. The highest BCUT2D eigenvalue weighted by molar-refractivity contribution is 5.70. The Morgan fingerprint density at radius 2 is 0.780 bits per heavy atom. The molecular weight excluding hydrogens is 512 g/mol. The summed E-state index contributed by atoms with van der Waals surface area (Å²) in [5.41, 5.74) is 0. The third-order valence-corrected chi connectivity index (χ3v) is 7.87. The van der Waals surface area contributed by atoms with E-state index in [-0.39, 0.29) is 11.9 Å². The van der Waals surface area contributed by atoms with Crippen LogP contribution in [0, 0.1) is 0 Å². The number of esters is 2. The fraction of sp³-hybridized carbons (Fsp3) is 0.943. The van der Waals surface area contributed by atoms with Gasteiger partial charge in [-0.25, -0.2) is 0 Å². The molecule has 6 heteroatoms. The first-order valence-corrected chi connectivity index (χ1v) is 17.7. The zero-order valence-corrected chi connectivity index (χ0v) is 28.0. The van der Waals surface area contributed by atoms with Crippen LogP contribution in [0.1, 0.15) is 162 Å². The van der Waals surface area contributed by atoms with Crippen LogP contribution >= 0.6 is 0 Å². The van der Waals surface area contributed by atoms with Gasteiger partial charge in [-0.15, -0.1) is 0 Å². The van der Waals surface area contributed by atoms with Gasteiger partial charge in [0.2, 0.25) is 0 Å². The van der Waals surface area contributed by atoms with Gasteiger partial charge in [0.15, 0.2) is 0 Å². The van der Waals surface area contributed by atoms with Crippen molar-refractivity contribution in [2.45, 2.75) is 162 Å². The van der Waals surface area contributed by atoms with Gasteiger partial charge in [0.05, 0.1) is 26.1 Å². The Morgan fingerprint density at radius 3 is 1.12 bits per heavy atom. The molecule has 0 spiro atoms. The first kappa shape index (κ1) is 39.9. The van der Waals surface area contributed by atoms with Gasteiger partial charge in [0.25, 0.3) is 0 Å². The van der Waals surface area contributed by atoms with Crippen molar-refractivity contribution < 1.29 is 19.1 Å². The van der Waals surface area contributed by atoms with Crippen molar-refractivity contribution in [1.29, 1.82) is 0 Å². The van der Waals surface area contributed by atoms with Crippen LogP contribution in [0.25, 0.3) is 0 Å². The molecule has 0 aromatic rings. The molecule has 0 aliphatic heterocycles. The van der Waals surface area contributed by atoms with Crippen molar-refractivity contribution >= 4 is 11.9 Å². The minimum atomic E-state index is -0.123. The summed E-state index contributed by atoms with van der Waals surface area (Å²) in [4.78, 5) is 29.0. The van der Waals surface area contributed by atoms with Crippen LogP contribution in [0.5, 0.6) is 0 Å². The summed E-state index contributed by atoms with van der Waals surface area (Å²) < 4.78 is 11.0. The molecule has 0 aromatic carbocycles. The maximum Gasteiger partial charge on any atom is 0.307 e. The average Bonchev–Trinajstić information content (AvgIpc) is 2.95. The largest absolute Gasteiger partial charge is 0.466 e. The van der Waals surface area contributed by atoms with E-state index in [0.29, 0.717) is 39.1 Å². The molecule has 0 atom stereocenters. The molecule has 0 aliphatic carbocycles. The van der Waals surface area contributed by atoms with E-state index < -0.39 is 0 Å². The van der Waals surface area contributed by atoms with Gasteiger partial charge in [-0.2, -0.15) is 0 Å². The van der Waals surface area contributed by atoms with Gasteiger partial charge in [-0.05, 0) is 46.4 Å². The van der Waals surface area contributed by atoms with Crippen molar-refractivity contribution in [3.63, 3.8) is 0 Å². The highest BCUT2D eigenvalue weighted by Crippen LogP contribution is 2.12. The SMILES string of the molecule is CCCCCCCCCCCCOC(=O)CCN(CCCN(C)C)CCC(=O)OCCCCCCCCCCCC. The Labute approximate surface area is 255 Å². The van der Waals surface area contributed by atoms with Crippen LogP contribution in [-0.2, 0) is 19.1 Å². The Kier molecular flexibility index (Phi) is 30.9. The predicted molar refractivity (Wildman–Crippen MR) is 174 cm³/mol. The van der Waals surface area contributed by atoms with Gasteiger partial charge in [-0.1, -0.05) is 129 Å². The van der Waals surface area contributed by atoms with Crippen LogP contribution in [0.3, 0.4) is 0 Å². The van der Waals surface area contributed by atoms with Crippen LogP contribution in [0.4, 0.5) is 0 Å². The van der Waals surface area contributed by atoms with E-state index in [4.69, 9.17) is 9.47 Å². The van der Waals surface area contributed by atoms with Crippen molar-refractivity contribution in [3.8, 4) is 0 Å². The fourth-order valence-electron chi connectivity index (χ4n) is 5.14. The van der Waals surface area contributed by atoms with Crippen LogP contribution in [-0.4, -0.2) is 75.2 Å². The number of hydrogen-bond acceptors (Lipinski definition) is 6. The third-order valence-electron chi connectivity index (χ3n) is 7.87. The monoisotopic (exact) mass is 583 g/mol. The highest BCUT2D eigenvalue weighted by Gasteiger charge is 2.12. The number of unbranched alkanes of at least 4 members (excludes halogenated alkanes) is 18. The summed E-state index contributed by atoms with van der Waals surface area (Å²) in [7, 11) is 4.14. The summed E-state index contributed by atoms with van der Waals surface area (Å²) in [6.07, 6.45) is 27.3. The molecule has 0 rings (SSSR count). The van der Waals surface area contributed by atoms with Crippen molar-refractivity contribution in [1.82, 2.24) is 9.80 Å². The maximum absolute atomic E-state index is 12.3. The minimum Gasteiger partial charge on any atom is -0.466 e. The number of carbonyl (C=O) groups is 2. The third kappa shape index (κ3) is 31.6. The number of hydrogen-bond donors (Lipinski definition) is 0. The number of nitrogens with zero attached hydrogens (tertiary/aromatic N) is 2. The van der Waals surface area contributed by atoms with Gasteiger partial charge in [-0.3, -0.25) is 9.59 Å². The van der Waals surface area contributed by atoms with Crippen LogP contribution in [0.15, 0.2) is 0 Å². The standard InChI is InChI=1S/C35H70N2O4/c1-5-7-9-11-13-15-17-19-21-23-32-40-34(38)26-30-37(29-25-28-36(3)4)31-27-35(39)41-33-24-22-20-18-16-14-12-10-8-6-2/h5-33H2,1-4H3. The molecule has 0 radical (unpaired) electrons. The Morgan fingerprint density at radius 1 is 0.439 bits per heavy atom. The van der Waals surface area contributed by atoms with Crippen molar-refractivity contribution in [2.75, 3.05) is 53.5 Å². The van der Waals surface area contributed by atoms with E-state index in [9.17, 15) is 9.59 Å². The highest BCUT2D eigenvalue weighted by atomic mass is 16.5. The normalized spacial score (nSPS) is 11.5. The van der Waals surface area contributed by atoms with Gasteiger partial charge in [0.1, 0.15) is 0 Å². The maximum atomic E-state index is 12.3. The van der Waals surface area contributed by atoms with Gasteiger partial charge >= 0.3 is 11.9 Å². The topological polar surface area (TPSA) is 59.1 Å². The minimum absolute atomic E-state index is 0.123. The number of ether oxygens (including phenoxy) is 2. The average molecular weight is 583 g/mol.